The van der Waals surface area contributed by atoms with Crippen molar-refractivity contribution in [1.82, 2.24) is 15.5 Å². The fourth-order valence-electron chi connectivity index (χ4n) is 3.62. The Balaban J connectivity index is 1.84. The summed E-state index contributed by atoms with van der Waals surface area (Å²) in [5.74, 6) is 1.79. The molecule has 0 aliphatic rings. The average Bonchev–Trinajstić information content (AvgIpc) is 3.36. The molecule has 10 nitrogen and oxygen atoms in total. The number of nitrogens with zero attached hydrogens (tertiary/aromatic N) is 2. The lowest BCUT2D eigenvalue weighted by atomic mass is 10.0. The van der Waals surface area contributed by atoms with E-state index >= 15 is 0 Å². The van der Waals surface area contributed by atoms with Gasteiger partial charge in [-0.1, -0.05) is 25.1 Å². The van der Waals surface area contributed by atoms with Gasteiger partial charge in [0, 0.05) is 12.3 Å². The van der Waals surface area contributed by atoms with Crippen molar-refractivity contribution in [2.24, 2.45) is 5.92 Å². The maximum Gasteiger partial charge on any atom is 0.412 e. The predicted molar refractivity (Wildman–Crippen MR) is 139 cm³/mol. The van der Waals surface area contributed by atoms with Crippen LogP contribution >= 0.6 is 0 Å². The molecule has 0 saturated carbocycles. The molecule has 10 heteroatoms. The number of anilines is 1. The van der Waals surface area contributed by atoms with Crippen LogP contribution in [0.25, 0.3) is 22.5 Å². The zero-order valence-corrected chi connectivity index (χ0v) is 22.0. The van der Waals surface area contributed by atoms with E-state index in [9.17, 15) is 9.59 Å². The molecule has 0 fully saturated rings. The van der Waals surface area contributed by atoms with E-state index in [4.69, 9.17) is 14.0 Å². The molecule has 3 aromatic rings. The van der Waals surface area contributed by atoms with E-state index in [1.54, 1.807) is 24.5 Å². The highest BCUT2D eigenvalue weighted by Gasteiger charge is 2.22. The molecule has 2 heterocycles. The van der Waals surface area contributed by atoms with Gasteiger partial charge in [0.1, 0.15) is 23.8 Å². The van der Waals surface area contributed by atoms with Gasteiger partial charge in [0.05, 0.1) is 24.9 Å². The molecule has 3 rings (SSSR count). The lowest BCUT2D eigenvalue weighted by Gasteiger charge is -2.25. The third-order valence-electron chi connectivity index (χ3n) is 5.11. The number of nitrogens with one attached hydrogen (secondary N) is 2. The number of amides is 2. The Morgan fingerprint density at radius 1 is 1.03 bits per heavy atom. The molecule has 1 aromatic carbocycles. The minimum Gasteiger partial charge on any atom is -0.491 e. The SMILES string of the molecule is COC(=O)Nc1cc(-c2ccc(OCC(CC(C)C)NC(=O)OC(C)(C)C)c(-c3ccno3)c2)ccn1. The summed E-state index contributed by atoms with van der Waals surface area (Å²) in [6.45, 7) is 9.86. The van der Waals surface area contributed by atoms with Crippen LogP contribution in [0, 0.1) is 5.92 Å². The first-order valence-corrected chi connectivity index (χ1v) is 12.0. The topological polar surface area (TPSA) is 125 Å². The molecule has 0 aliphatic carbocycles. The number of benzene rings is 1. The summed E-state index contributed by atoms with van der Waals surface area (Å²) >= 11 is 0. The Hall–Kier alpha value is -4.08. The molecule has 0 saturated heterocycles. The van der Waals surface area contributed by atoms with Crippen molar-refractivity contribution in [1.29, 1.82) is 0 Å². The first-order valence-electron chi connectivity index (χ1n) is 12.0. The Labute approximate surface area is 216 Å². The minimum absolute atomic E-state index is 0.236. The maximum atomic E-state index is 12.4. The zero-order valence-electron chi connectivity index (χ0n) is 22.0. The molecule has 0 radical (unpaired) electrons. The van der Waals surface area contributed by atoms with Crippen LogP contribution in [0.3, 0.4) is 0 Å². The van der Waals surface area contributed by atoms with E-state index < -0.39 is 17.8 Å². The number of carbonyl (C=O) groups is 2. The number of hydrogen-bond donors (Lipinski definition) is 2. The number of rotatable bonds is 9. The number of hydrogen-bond acceptors (Lipinski definition) is 8. The van der Waals surface area contributed by atoms with Crippen molar-refractivity contribution in [3.63, 3.8) is 0 Å². The van der Waals surface area contributed by atoms with Crippen molar-refractivity contribution >= 4 is 18.0 Å². The number of aromatic nitrogens is 2. The second-order valence-electron chi connectivity index (χ2n) is 9.92. The number of alkyl carbamates (subject to hydrolysis) is 1. The summed E-state index contributed by atoms with van der Waals surface area (Å²) in [6.07, 6.45) is 2.77. The van der Waals surface area contributed by atoms with Crippen LogP contribution in [-0.2, 0) is 9.47 Å². The van der Waals surface area contributed by atoms with Gasteiger partial charge in [-0.3, -0.25) is 5.32 Å². The van der Waals surface area contributed by atoms with Crippen molar-refractivity contribution < 1.29 is 28.3 Å². The van der Waals surface area contributed by atoms with Gasteiger partial charge in [0.25, 0.3) is 0 Å². The summed E-state index contributed by atoms with van der Waals surface area (Å²) in [5, 5.41) is 9.31. The molecule has 0 spiro atoms. The van der Waals surface area contributed by atoms with Crippen molar-refractivity contribution in [2.75, 3.05) is 19.0 Å². The van der Waals surface area contributed by atoms with Gasteiger partial charge >= 0.3 is 12.2 Å². The molecule has 0 bridgehead atoms. The Morgan fingerprint density at radius 2 is 1.78 bits per heavy atom. The second-order valence-corrected chi connectivity index (χ2v) is 9.92. The summed E-state index contributed by atoms with van der Waals surface area (Å²) < 4.78 is 21.7. The molecule has 2 amide bonds. The largest absolute Gasteiger partial charge is 0.491 e. The van der Waals surface area contributed by atoms with Crippen molar-refractivity contribution in [2.45, 2.75) is 52.7 Å². The summed E-state index contributed by atoms with van der Waals surface area (Å²) in [7, 11) is 1.29. The van der Waals surface area contributed by atoms with Crippen LogP contribution in [-0.4, -0.2) is 47.7 Å². The molecule has 0 aliphatic heterocycles. The standard InChI is InChI=1S/C27H34N4O6/c1-17(2)13-20(30-26(33)36-27(3,4)5)16-35-22-8-7-18(14-21(22)23-10-12-29-37-23)19-9-11-28-24(15-19)31-25(32)34-6/h7-12,14-15,17,20H,13,16H2,1-6H3,(H,30,33)(H,28,31,32). The normalized spacial score (nSPS) is 12.1. The third-order valence-corrected chi connectivity index (χ3v) is 5.11. The number of carbonyl (C=O) groups excluding carboxylic acids is 2. The van der Waals surface area contributed by atoms with Crippen molar-refractivity contribution in [3.8, 4) is 28.2 Å². The van der Waals surface area contributed by atoms with Gasteiger partial charge in [-0.05, 0) is 68.5 Å². The first kappa shape index (κ1) is 27.5. The lowest BCUT2D eigenvalue weighted by Crippen LogP contribution is -2.42. The van der Waals surface area contributed by atoms with Crippen LogP contribution in [0.1, 0.15) is 41.0 Å². The molecule has 37 heavy (non-hydrogen) atoms. The van der Waals surface area contributed by atoms with E-state index in [1.165, 1.54) is 7.11 Å². The van der Waals surface area contributed by atoms with Gasteiger partial charge < -0.3 is 24.1 Å². The quantitative estimate of drug-likeness (QED) is 0.364. The van der Waals surface area contributed by atoms with Gasteiger partial charge in [-0.15, -0.1) is 0 Å². The van der Waals surface area contributed by atoms with Gasteiger partial charge in [0.15, 0.2) is 5.76 Å². The summed E-state index contributed by atoms with van der Waals surface area (Å²) in [5.41, 5.74) is 1.76. The van der Waals surface area contributed by atoms with Crippen LogP contribution in [0.4, 0.5) is 15.4 Å². The fraction of sp³-hybridized carbons (Fsp3) is 0.407. The van der Waals surface area contributed by atoms with Crippen LogP contribution in [0.5, 0.6) is 5.75 Å². The zero-order chi connectivity index (χ0) is 27.0. The summed E-state index contributed by atoms with van der Waals surface area (Å²) in [6, 6.07) is 10.7. The molecule has 2 N–H and O–H groups in total. The van der Waals surface area contributed by atoms with E-state index in [0.29, 0.717) is 35.2 Å². The van der Waals surface area contributed by atoms with Crippen LogP contribution in [0.2, 0.25) is 0 Å². The maximum absolute atomic E-state index is 12.4. The Bertz CT molecular complexity index is 1190. The number of pyridine rings is 1. The highest BCUT2D eigenvalue weighted by molar-refractivity contribution is 5.84. The van der Waals surface area contributed by atoms with E-state index in [1.807, 2.05) is 45.0 Å². The number of methoxy groups -OCH3 is 1. The minimum atomic E-state index is -0.605. The van der Waals surface area contributed by atoms with Crippen molar-refractivity contribution in [3.05, 3.63) is 48.8 Å². The smallest absolute Gasteiger partial charge is 0.412 e. The molecule has 1 atom stereocenters. The van der Waals surface area contributed by atoms with E-state index in [2.05, 4.69) is 39.4 Å². The van der Waals surface area contributed by atoms with Crippen LogP contribution < -0.4 is 15.4 Å². The molecule has 198 valence electrons. The van der Waals surface area contributed by atoms with Gasteiger partial charge in [0.2, 0.25) is 0 Å². The van der Waals surface area contributed by atoms with Gasteiger partial charge in [-0.2, -0.15) is 0 Å². The number of ether oxygens (including phenoxy) is 3. The second kappa shape index (κ2) is 12.2. The van der Waals surface area contributed by atoms with Gasteiger partial charge in [-0.25, -0.2) is 14.6 Å². The van der Waals surface area contributed by atoms with E-state index in [-0.39, 0.29) is 12.6 Å². The first-order chi connectivity index (χ1) is 17.5. The Morgan fingerprint density at radius 3 is 2.43 bits per heavy atom. The molecule has 1 unspecified atom stereocenters. The highest BCUT2D eigenvalue weighted by atomic mass is 16.6. The monoisotopic (exact) mass is 510 g/mol. The van der Waals surface area contributed by atoms with Crippen LogP contribution in [0.15, 0.2) is 53.3 Å². The molecular formula is C27H34N4O6. The molecule has 2 aromatic heterocycles. The highest BCUT2D eigenvalue weighted by Crippen LogP contribution is 2.35. The summed E-state index contributed by atoms with van der Waals surface area (Å²) in [4.78, 5) is 28.1. The van der Waals surface area contributed by atoms with E-state index in [0.717, 1.165) is 11.1 Å². The lowest BCUT2D eigenvalue weighted by molar-refractivity contribution is 0.0480. The average molecular weight is 511 g/mol. The third kappa shape index (κ3) is 8.52. The Kier molecular flexibility index (Phi) is 9.10. The fourth-order valence-corrected chi connectivity index (χ4v) is 3.62. The predicted octanol–water partition coefficient (Wildman–Crippen LogP) is 5.90. The molecular weight excluding hydrogens is 476 g/mol.